The van der Waals surface area contributed by atoms with E-state index in [-0.39, 0.29) is 21.5 Å². The molecule has 0 aliphatic rings. The Morgan fingerprint density at radius 3 is 2.59 bits per heavy atom. The first-order valence-electron chi connectivity index (χ1n) is 8.43. The van der Waals surface area contributed by atoms with Crippen molar-refractivity contribution in [1.82, 2.24) is 9.97 Å². The van der Waals surface area contributed by atoms with Crippen LogP contribution in [0.5, 0.6) is 0 Å². The van der Waals surface area contributed by atoms with Gasteiger partial charge in [-0.2, -0.15) is 0 Å². The summed E-state index contributed by atoms with van der Waals surface area (Å²) in [4.78, 5) is 20.3. The van der Waals surface area contributed by atoms with Gasteiger partial charge in [-0.3, -0.25) is 4.72 Å². The van der Waals surface area contributed by atoms with Crippen LogP contribution in [0.15, 0.2) is 80.3 Å². The van der Waals surface area contributed by atoms with Crippen LogP contribution in [0.3, 0.4) is 0 Å². The molecule has 29 heavy (non-hydrogen) atoms. The van der Waals surface area contributed by atoms with Gasteiger partial charge < -0.3 is 4.74 Å². The highest BCUT2D eigenvalue weighted by atomic mass is 79.9. The molecule has 1 N–H and O–H groups in total. The lowest BCUT2D eigenvalue weighted by Crippen LogP contribution is -2.14. The number of esters is 1. The quantitative estimate of drug-likeness (QED) is 0.487. The molecule has 0 aliphatic carbocycles. The van der Waals surface area contributed by atoms with Gasteiger partial charge in [0.15, 0.2) is 0 Å². The second kappa shape index (κ2) is 9.38. The number of benzene rings is 1. The summed E-state index contributed by atoms with van der Waals surface area (Å²) in [6.45, 7) is 1.93. The molecule has 0 amide bonds. The Hall–Kier alpha value is -2.43. The average molecular weight is 494 g/mol. The van der Waals surface area contributed by atoms with Crippen LogP contribution in [-0.4, -0.2) is 31.0 Å². The maximum absolute atomic E-state index is 12.8. The fraction of sp³-hybridized carbons (Fsp3) is 0.105. The van der Waals surface area contributed by atoms with Crippen molar-refractivity contribution in [3.05, 3.63) is 71.0 Å². The molecule has 3 aromatic rings. The molecular weight excluding hydrogens is 478 g/mol. The van der Waals surface area contributed by atoms with E-state index in [0.717, 1.165) is 5.03 Å². The summed E-state index contributed by atoms with van der Waals surface area (Å²) in [5, 5.41) is 1.35. The Balaban J connectivity index is 1.81. The fourth-order valence-corrected chi connectivity index (χ4v) is 5.22. The van der Waals surface area contributed by atoms with E-state index in [4.69, 9.17) is 4.74 Å². The Morgan fingerprint density at radius 1 is 1.10 bits per heavy atom. The molecule has 0 atom stereocenters. The van der Waals surface area contributed by atoms with E-state index in [2.05, 4.69) is 30.6 Å². The van der Waals surface area contributed by atoms with Gasteiger partial charge in [0, 0.05) is 16.9 Å². The number of ether oxygens (including phenoxy) is 1. The first-order chi connectivity index (χ1) is 13.9. The standard InChI is InChI=1S/C19H16BrN3O4S2/c1-2-27-19(24)13-6-7-16(15(20)11-13)29(25,26)23-14-8-10-22-18(12-14)28-17-5-3-4-9-21-17/h3-12H,2H2,1H3,(H,22,23). The summed E-state index contributed by atoms with van der Waals surface area (Å²) in [6, 6.07) is 12.9. The summed E-state index contributed by atoms with van der Waals surface area (Å²) < 4.78 is 33.3. The molecular formula is C19H16BrN3O4S2. The zero-order valence-electron chi connectivity index (χ0n) is 15.2. The van der Waals surface area contributed by atoms with E-state index in [1.165, 1.54) is 36.2 Å². The Kier molecular flexibility index (Phi) is 6.88. The highest BCUT2D eigenvalue weighted by Crippen LogP contribution is 2.28. The van der Waals surface area contributed by atoms with E-state index >= 15 is 0 Å². The van der Waals surface area contributed by atoms with Gasteiger partial charge in [0.05, 0.1) is 17.9 Å². The second-order valence-electron chi connectivity index (χ2n) is 5.62. The Morgan fingerprint density at radius 2 is 1.90 bits per heavy atom. The van der Waals surface area contributed by atoms with Crippen molar-refractivity contribution in [2.75, 3.05) is 11.3 Å². The summed E-state index contributed by atoms with van der Waals surface area (Å²) in [5.41, 5.74) is 0.621. The SMILES string of the molecule is CCOC(=O)c1ccc(S(=O)(=O)Nc2ccnc(Sc3ccccn3)c2)c(Br)c1. The van der Waals surface area contributed by atoms with Gasteiger partial charge in [0.2, 0.25) is 0 Å². The third-order valence-corrected chi connectivity index (χ3v) is 6.81. The van der Waals surface area contributed by atoms with E-state index in [0.29, 0.717) is 10.7 Å². The number of sulfonamides is 1. The van der Waals surface area contributed by atoms with Crippen molar-refractivity contribution in [2.45, 2.75) is 21.9 Å². The minimum atomic E-state index is -3.89. The number of hydrogen-bond donors (Lipinski definition) is 1. The van der Waals surface area contributed by atoms with Gasteiger partial charge in [-0.15, -0.1) is 0 Å². The predicted molar refractivity (Wildman–Crippen MR) is 114 cm³/mol. The normalized spacial score (nSPS) is 11.1. The molecule has 10 heteroatoms. The van der Waals surface area contributed by atoms with Crippen LogP contribution in [-0.2, 0) is 14.8 Å². The van der Waals surface area contributed by atoms with Crippen LogP contribution in [0.1, 0.15) is 17.3 Å². The van der Waals surface area contributed by atoms with E-state index < -0.39 is 16.0 Å². The van der Waals surface area contributed by atoms with Gasteiger partial charge >= 0.3 is 5.97 Å². The number of rotatable bonds is 7. The monoisotopic (exact) mass is 493 g/mol. The Labute approximate surface area is 181 Å². The molecule has 0 bridgehead atoms. The number of carbonyl (C=O) groups excluding carboxylic acids is 1. The molecule has 0 spiro atoms. The highest BCUT2D eigenvalue weighted by molar-refractivity contribution is 9.10. The van der Waals surface area contributed by atoms with Gasteiger partial charge in [-0.1, -0.05) is 17.8 Å². The van der Waals surface area contributed by atoms with Crippen molar-refractivity contribution in [1.29, 1.82) is 0 Å². The molecule has 1 aromatic carbocycles. The number of nitrogens with one attached hydrogen (secondary N) is 1. The van der Waals surface area contributed by atoms with Crippen molar-refractivity contribution < 1.29 is 17.9 Å². The number of aromatic nitrogens is 2. The number of carbonyl (C=O) groups is 1. The summed E-state index contributed by atoms with van der Waals surface area (Å²) in [6.07, 6.45) is 3.19. The topological polar surface area (TPSA) is 98.2 Å². The van der Waals surface area contributed by atoms with Crippen LogP contribution in [0, 0.1) is 0 Å². The molecule has 0 unspecified atom stereocenters. The first kappa shape index (κ1) is 21.3. The average Bonchev–Trinajstić information content (AvgIpc) is 2.68. The van der Waals surface area contributed by atoms with Gasteiger partial charge in [-0.25, -0.2) is 23.2 Å². The van der Waals surface area contributed by atoms with Crippen molar-refractivity contribution in [3.63, 3.8) is 0 Å². The van der Waals surface area contributed by atoms with Gasteiger partial charge in [-0.05, 0) is 65.3 Å². The molecule has 0 saturated carbocycles. The molecule has 0 aliphatic heterocycles. The molecule has 0 fully saturated rings. The number of pyridine rings is 2. The maximum Gasteiger partial charge on any atom is 0.338 e. The van der Waals surface area contributed by atoms with Gasteiger partial charge in [0.1, 0.15) is 14.9 Å². The molecule has 0 radical (unpaired) electrons. The van der Waals surface area contributed by atoms with Crippen LogP contribution in [0.25, 0.3) is 0 Å². The van der Waals surface area contributed by atoms with Crippen LogP contribution < -0.4 is 4.72 Å². The number of nitrogens with zero attached hydrogens (tertiary/aromatic N) is 2. The first-order valence-corrected chi connectivity index (χ1v) is 11.5. The van der Waals surface area contributed by atoms with Crippen LogP contribution in [0.4, 0.5) is 5.69 Å². The molecule has 2 heterocycles. The summed E-state index contributed by atoms with van der Waals surface area (Å²) in [7, 11) is -3.89. The van der Waals surface area contributed by atoms with E-state index in [1.807, 2.05) is 18.2 Å². The number of halogens is 1. The van der Waals surface area contributed by atoms with Crippen molar-refractivity contribution in [3.8, 4) is 0 Å². The molecule has 150 valence electrons. The third kappa shape index (κ3) is 5.55. The smallest absolute Gasteiger partial charge is 0.338 e. The van der Waals surface area contributed by atoms with Crippen LogP contribution in [0.2, 0.25) is 0 Å². The lowest BCUT2D eigenvalue weighted by Gasteiger charge is -2.11. The van der Waals surface area contributed by atoms with Crippen molar-refractivity contribution in [2.24, 2.45) is 0 Å². The lowest BCUT2D eigenvalue weighted by molar-refractivity contribution is 0.0526. The Bertz CT molecular complexity index is 1130. The molecule has 0 saturated heterocycles. The van der Waals surface area contributed by atoms with Gasteiger partial charge in [0.25, 0.3) is 10.0 Å². The van der Waals surface area contributed by atoms with Crippen molar-refractivity contribution >= 4 is 49.4 Å². The summed E-state index contributed by atoms with van der Waals surface area (Å²) >= 11 is 4.54. The van der Waals surface area contributed by atoms with E-state index in [9.17, 15) is 13.2 Å². The van der Waals surface area contributed by atoms with Crippen LogP contribution >= 0.6 is 27.7 Å². The fourth-order valence-electron chi connectivity index (χ4n) is 2.31. The number of hydrogen-bond acceptors (Lipinski definition) is 7. The highest BCUT2D eigenvalue weighted by Gasteiger charge is 2.20. The second-order valence-corrected chi connectivity index (χ2v) is 9.17. The zero-order valence-corrected chi connectivity index (χ0v) is 18.4. The molecule has 3 rings (SSSR count). The van der Waals surface area contributed by atoms with E-state index in [1.54, 1.807) is 25.3 Å². The zero-order chi connectivity index (χ0) is 20.9. The predicted octanol–water partition coefficient (Wildman–Crippen LogP) is 4.37. The lowest BCUT2D eigenvalue weighted by atomic mass is 10.2. The molecule has 2 aromatic heterocycles. The number of anilines is 1. The summed E-state index contributed by atoms with van der Waals surface area (Å²) in [5.74, 6) is -0.518. The minimum Gasteiger partial charge on any atom is -0.462 e. The maximum atomic E-state index is 12.8. The molecule has 7 nitrogen and oxygen atoms in total. The largest absolute Gasteiger partial charge is 0.462 e. The minimum absolute atomic E-state index is 0.00119. The third-order valence-electron chi connectivity index (χ3n) is 3.57.